The minimum atomic E-state index is -0.349. The summed E-state index contributed by atoms with van der Waals surface area (Å²) in [6, 6.07) is 5.19. The molecule has 1 aromatic carbocycles. The summed E-state index contributed by atoms with van der Waals surface area (Å²) in [5, 5.41) is 8.55. The molecule has 5 nitrogen and oxygen atoms in total. The van der Waals surface area contributed by atoms with Gasteiger partial charge in [0.25, 0.3) is 5.91 Å². The standard InChI is InChI=1S/C13H12ClN3O2S2/c1-8-6-9(14)2-3-10(8)19-7-11(18)16-12(20)17-13-15-4-5-21-13/h2-6H,7H2,1H3,(H2,15,16,17,18,20). The van der Waals surface area contributed by atoms with Crippen molar-refractivity contribution in [3.05, 3.63) is 40.4 Å². The molecule has 1 heterocycles. The van der Waals surface area contributed by atoms with Crippen molar-refractivity contribution in [3.63, 3.8) is 0 Å². The van der Waals surface area contributed by atoms with Crippen LogP contribution >= 0.6 is 35.2 Å². The number of rotatable bonds is 4. The van der Waals surface area contributed by atoms with E-state index in [1.165, 1.54) is 11.3 Å². The molecule has 2 aromatic rings. The van der Waals surface area contributed by atoms with E-state index in [0.29, 0.717) is 15.9 Å². The van der Waals surface area contributed by atoms with Crippen LogP contribution in [-0.2, 0) is 4.79 Å². The fourth-order valence-electron chi connectivity index (χ4n) is 1.49. The highest BCUT2D eigenvalue weighted by atomic mass is 35.5. The van der Waals surface area contributed by atoms with E-state index >= 15 is 0 Å². The number of nitrogens with zero attached hydrogens (tertiary/aromatic N) is 1. The lowest BCUT2D eigenvalue weighted by Gasteiger charge is -2.10. The Bertz CT molecular complexity index is 647. The highest BCUT2D eigenvalue weighted by molar-refractivity contribution is 7.80. The topological polar surface area (TPSA) is 63.2 Å². The lowest BCUT2D eigenvalue weighted by molar-refractivity contribution is -0.121. The molecule has 0 aliphatic heterocycles. The molecule has 0 aliphatic rings. The summed E-state index contributed by atoms with van der Waals surface area (Å²) in [6.07, 6.45) is 1.64. The molecule has 1 aromatic heterocycles. The number of carbonyl (C=O) groups excluding carboxylic acids is 1. The second-order valence-electron chi connectivity index (χ2n) is 4.04. The van der Waals surface area contributed by atoms with E-state index in [2.05, 4.69) is 15.6 Å². The zero-order chi connectivity index (χ0) is 15.2. The summed E-state index contributed by atoms with van der Waals surface area (Å²) < 4.78 is 5.42. The summed E-state index contributed by atoms with van der Waals surface area (Å²) in [5.41, 5.74) is 0.860. The Hall–Kier alpha value is -1.70. The fraction of sp³-hybridized carbons (Fsp3) is 0.154. The van der Waals surface area contributed by atoms with Gasteiger partial charge in [-0.05, 0) is 42.9 Å². The number of nitrogens with one attached hydrogen (secondary N) is 2. The Kier molecular flexibility index (Phi) is 5.49. The maximum absolute atomic E-state index is 11.7. The number of benzene rings is 1. The van der Waals surface area contributed by atoms with E-state index in [-0.39, 0.29) is 17.6 Å². The van der Waals surface area contributed by atoms with Crippen molar-refractivity contribution in [3.8, 4) is 5.75 Å². The van der Waals surface area contributed by atoms with E-state index in [9.17, 15) is 4.79 Å². The van der Waals surface area contributed by atoms with Gasteiger partial charge in [0, 0.05) is 16.6 Å². The van der Waals surface area contributed by atoms with Gasteiger partial charge in [0.1, 0.15) is 5.75 Å². The predicted molar refractivity (Wildman–Crippen MR) is 88.2 cm³/mol. The van der Waals surface area contributed by atoms with Gasteiger partial charge in [-0.2, -0.15) is 0 Å². The number of thiazole rings is 1. The van der Waals surface area contributed by atoms with Gasteiger partial charge in [0.15, 0.2) is 16.9 Å². The molecule has 0 radical (unpaired) electrons. The summed E-state index contributed by atoms with van der Waals surface area (Å²) in [7, 11) is 0. The number of hydrogen-bond acceptors (Lipinski definition) is 5. The number of anilines is 1. The first-order chi connectivity index (χ1) is 10.0. The lowest BCUT2D eigenvalue weighted by Crippen LogP contribution is -2.37. The maximum Gasteiger partial charge on any atom is 0.264 e. The van der Waals surface area contributed by atoms with Crippen molar-refractivity contribution in [2.24, 2.45) is 0 Å². The van der Waals surface area contributed by atoms with Gasteiger partial charge in [0.2, 0.25) is 0 Å². The van der Waals surface area contributed by atoms with Crippen LogP contribution in [0.4, 0.5) is 5.13 Å². The van der Waals surface area contributed by atoms with Crippen molar-refractivity contribution in [1.29, 1.82) is 0 Å². The molecule has 2 N–H and O–H groups in total. The number of ether oxygens (including phenoxy) is 1. The smallest absolute Gasteiger partial charge is 0.264 e. The molecule has 21 heavy (non-hydrogen) atoms. The lowest BCUT2D eigenvalue weighted by atomic mass is 10.2. The van der Waals surface area contributed by atoms with Crippen LogP contribution in [0.25, 0.3) is 0 Å². The van der Waals surface area contributed by atoms with E-state index in [1.807, 2.05) is 6.92 Å². The van der Waals surface area contributed by atoms with Crippen LogP contribution in [0.2, 0.25) is 5.02 Å². The van der Waals surface area contributed by atoms with E-state index < -0.39 is 0 Å². The van der Waals surface area contributed by atoms with Gasteiger partial charge in [-0.25, -0.2) is 4.98 Å². The van der Waals surface area contributed by atoms with Gasteiger partial charge in [0.05, 0.1) is 0 Å². The number of aromatic nitrogens is 1. The van der Waals surface area contributed by atoms with Crippen LogP contribution in [0.3, 0.4) is 0 Å². The first-order valence-electron chi connectivity index (χ1n) is 5.94. The van der Waals surface area contributed by atoms with Crippen LogP contribution in [0.15, 0.2) is 29.8 Å². The Morgan fingerprint density at radius 1 is 1.52 bits per heavy atom. The second kappa shape index (κ2) is 7.35. The quantitative estimate of drug-likeness (QED) is 0.837. The van der Waals surface area contributed by atoms with Crippen molar-refractivity contribution in [2.75, 3.05) is 11.9 Å². The van der Waals surface area contributed by atoms with Gasteiger partial charge >= 0.3 is 0 Å². The van der Waals surface area contributed by atoms with Crippen molar-refractivity contribution in [2.45, 2.75) is 6.92 Å². The number of halogens is 1. The third-order valence-electron chi connectivity index (χ3n) is 2.40. The van der Waals surface area contributed by atoms with Gasteiger partial charge in [-0.1, -0.05) is 11.6 Å². The molecule has 0 saturated heterocycles. The molecule has 0 atom stereocenters. The average molecular weight is 342 g/mol. The summed E-state index contributed by atoms with van der Waals surface area (Å²) >= 11 is 12.2. The first kappa shape index (κ1) is 15.7. The van der Waals surface area contributed by atoms with Crippen molar-refractivity contribution >= 4 is 51.3 Å². The van der Waals surface area contributed by atoms with Crippen LogP contribution in [0, 0.1) is 6.92 Å². The zero-order valence-electron chi connectivity index (χ0n) is 11.1. The average Bonchev–Trinajstić information content (AvgIpc) is 2.90. The molecular weight excluding hydrogens is 330 g/mol. The molecule has 0 saturated carbocycles. The monoisotopic (exact) mass is 341 g/mol. The molecule has 1 amide bonds. The van der Waals surface area contributed by atoms with Crippen molar-refractivity contribution in [1.82, 2.24) is 10.3 Å². The summed E-state index contributed by atoms with van der Waals surface area (Å²) in [6.45, 7) is 1.72. The maximum atomic E-state index is 11.7. The molecule has 110 valence electrons. The van der Waals surface area contributed by atoms with Gasteiger partial charge < -0.3 is 10.1 Å². The molecule has 0 unspecified atom stereocenters. The van der Waals surface area contributed by atoms with Crippen LogP contribution in [0.1, 0.15) is 5.56 Å². The van der Waals surface area contributed by atoms with Crippen LogP contribution < -0.4 is 15.4 Å². The fourth-order valence-corrected chi connectivity index (χ4v) is 2.53. The Morgan fingerprint density at radius 2 is 2.33 bits per heavy atom. The molecule has 0 fully saturated rings. The number of thiocarbonyl (C=S) groups is 1. The first-order valence-corrected chi connectivity index (χ1v) is 7.60. The normalized spacial score (nSPS) is 10.0. The molecular formula is C13H12ClN3O2S2. The van der Waals surface area contributed by atoms with Crippen LogP contribution in [0.5, 0.6) is 5.75 Å². The Balaban J connectivity index is 1.80. The number of amides is 1. The van der Waals surface area contributed by atoms with E-state index in [4.69, 9.17) is 28.6 Å². The van der Waals surface area contributed by atoms with E-state index in [0.717, 1.165) is 5.56 Å². The Labute approximate surface area is 136 Å². The second-order valence-corrected chi connectivity index (χ2v) is 5.78. The number of hydrogen-bond donors (Lipinski definition) is 2. The molecule has 0 spiro atoms. The van der Waals surface area contributed by atoms with Gasteiger partial charge in [-0.3, -0.25) is 10.1 Å². The third kappa shape index (κ3) is 4.96. The largest absolute Gasteiger partial charge is 0.483 e. The third-order valence-corrected chi connectivity index (χ3v) is 3.53. The molecule has 2 rings (SSSR count). The minimum absolute atomic E-state index is 0.137. The highest BCUT2D eigenvalue weighted by Gasteiger charge is 2.08. The Morgan fingerprint density at radius 3 is 3.00 bits per heavy atom. The molecule has 8 heteroatoms. The van der Waals surface area contributed by atoms with E-state index in [1.54, 1.807) is 29.8 Å². The number of carbonyl (C=O) groups is 1. The zero-order valence-corrected chi connectivity index (χ0v) is 13.4. The molecule has 0 aliphatic carbocycles. The minimum Gasteiger partial charge on any atom is -0.483 e. The summed E-state index contributed by atoms with van der Waals surface area (Å²) in [5.74, 6) is 0.256. The van der Waals surface area contributed by atoms with Crippen molar-refractivity contribution < 1.29 is 9.53 Å². The summed E-state index contributed by atoms with van der Waals surface area (Å²) in [4.78, 5) is 15.7. The van der Waals surface area contributed by atoms with Gasteiger partial charge in [-0.15, -0.1) is 11.3 Å². The van der Waals surface area contributed by atoms with Crippen LogP contribution in [-0.4, -0.2) is 22.6 Å². The predicted octanol–water partition coefficient (Wildman–Crippen LogP) is 3.00. The SMILES string of the molecule is Cc1cc(Cl)ccc1OCC(=O)NC(=S)Nc1nccs1. The number of aryl methyl sites for hydroxylation is 1. The molecule has 0 bridgehead atoms. The highest BCUT2D eigenvalue weighted by Crippen LogP contribution is 2.21.